The van der Waals surface area contributed by atoms with Gasteiger partial charge in [0.2, 0.25) is 0 Å². The first-order valence-electron chi connectivity index (χ1n) is 5.78. The minimum absolute atomic E-state index is 0.254. The molecule has 1 aromatic heterocycles. The molecule has 102 valence electrons. The van der Waals surface area contributed by atoms with Crippen LogP contribution >= 0.6 is 43.5 Å². The molecule has 0 amide bonds. The second kappa shape index (κ2) is 5.47. The molecule has 0 bridgehead atoms. The van der Waals surface area contributed by atoms with Crippen molar-refractivity contribution in [2.75, 3.05) is 0 Å². The molecule has 0 aliphatic rings. The summed E-state index contributed by atoms with van der Waals surface area (Å²) >= 11 is 12.5. The lowest BCUT2D eigenvalue weighted by Gasteiger charge is -2.08. The summed E-state index contributed by atoms with van der Waals surface area (Å²) in [7, 11) is 0. The number of rotatable bonds is 2. The largest absolute Gasteiger partial charge is 0.295 e. The molecule has 3 aromatic rings. The normalized spacial score (nSPS) is 11.2. The third-order valence-corrected chi connectivity index (χ3v) is 4.35. The van der Waals surface area contributed by atoms with Gasteiger partial charge in [-0.2, -0.15) is 0 Å². The van der Waals surface area contributed by atoms with Crippen LogP contribution in [0.3, 0.4) is 0 Å². The number of alkyl halides is 1. The predicted molar refractivity (Wildman–Crippen MR) is 86.0 cm³/mol. The second-order valence-electron chi connectivity index (χ2n) is 4.23. The highest BCUT2D eigenvalue weighted by Crippen LogP contribution is 2.28. The Bertz CT molecular complexity index is 784. The van der Waals surface area contributed by atoms with Crippen molar-refractivity contribution in [3.8, 4) is 5.69 Å². The van der Waals surface area contributed by atoms with E-state index >= 15 is 0 Å². The molecule has 3 rings (SSSR count). The average molecular weight is 418 g/mol. The number of benzene rings is 2. The van der Waals surface area contributed by atoms with E-state index in [4.69, 9.17) is 11.6 Å². The van der Waals surface area contributed by atoms with Gasteiger partial charge in [-0.1, -0.05) is 15.9 Å². The number of halogens is 4. The summed E-state index contributed by atoms with van der Waals surface area (Å²) in [5.74, 6) is 0.614. The molecule has 0 saturated carbocycles. The summed E-state index contributed by atoms with van der Waals surface area (Å²) in [4.78, 5) is 4.45. The maximum atomic E-state index is 13.8. The summed E-state index contributed by atoms with van der Waals surface area (Å²) in [6, 6.07) is 10.8. The predicted octanol–water partition coefficient (Wildman–Crippen LogP) is 5.43. The van der Waals surface area contributed by atoms with E-state index in [9.17, 15) is 4.39 Å². The van der Waals surface area contributed by atoms with E-state index in [1.807, 2.05) is 28.8 Å². The van der Waals surface area contributed by atoms with Crippen molar-refractivity contribution in [3.05, 3.63) is 57.0 Å². The fourth-order valence-electron chi connectivity index (χ4n) is 2.09. The van der Waals surface area contributed by atoms with Crippen LogP contribution in [0.2, 0.25) is 0 Å². The molecule has 0 N–H and O–H groups in total. The van der Waals surface area contributed by atoms with E-state index in [2.05, 4.69) is 36.8 Å². The van der Waals surface area contributed by atoms with Gasteiger partial charge in [-0.3, -0.25) is 4.57 Å². The SMILES string of the molecule is Fc1cc2c(cc1Br)nc(CCl)n2-c1ccc(Br)cc1. The van der Waals surface area contributed by atoms with E-state index in [0.717, 1.165) is 10.2 Å². The molecule has 2 nitrogen and oxygen atoms in total. The van der Waals surface area contributed by atoms with Crippen molar-refractivity contribution in [2.45, 2.75) is 5.88 Å². The van der Waals surface area contributed by atoms with Gasteiger partial charge in [0.05, 0.1) is 21.4 Å². The molecular formula is C14H8Br2ClFN2. The Balaban J connectivity index is 2.32. The molecule has 0 saturated heterocycles. The molecule has 0 atom stereocenters. The van der Waals surface area contributed by atoms with Crippen molar-refractivity contribution in [1.82, 2.24) is 9.55 Å². The summed E-state index contributed by atoms with van der Waals surface area (Å²) in [5, 5.41) is 0. The van der Waals surface area contributed by atoms with Crippen LogP contribution in [0.1, 0.15) is 5.82 Å². The number of fused-ring (bicyclic) bond motifs is 1. The number of hydrogen-bond donors (Lipinski definition) is 0. The van der Waals surface area contributed by atoms with Crippen molar-refractivity contribution in [1.29, 1.82) is 0 Å². The fourth-order valence-corrected chi connectivity index (χ4v) is 2.87. The summed E-state index contributed by atoms with van der Waals surface area (Å²) in [6.45, 7) is 0. The van der Waals surface area contributed by atoms with E-state index in [0.29, 0.717) is 21.3 Å². The zero-order valence-electron chi connectivity index (χ0n) is 10.1. The van der Waals surface area contributed by atoms with Crippen molar-refractivity contribution < 1.29 is 4.39 Å². The zero-order valence-corrected chi connectivity index (χ0v) is 14.0. The van der Waals surface area contributed by atoms with Gasteiger partial charge in [0.15, 0.2) is 0 Å². The second-order valence-corrected chi connectivity index (χ2v) is 6.27. The molecule has 1 heterocycles. The van der Waals surface area contributed by atoms with Gasteiger partial charge in [0.25, 0.3) is 0 Å². The standard InChI is InChI=1S/C14H8Br2ClFN2/c15-8-1-3-9(4-2-8)20-13-6-11(18)10(16)5-12(13)19-14(20)7-17/h1-6H,7H2. The van der Waals surface area contributed by atoms with Crippen LogP contribution in [0.25, 0.3) is 16.7 Å². The Morgan fingerprint density at radius 1 is 1.15 bits per heavy atom. The van der Waals surface area contributed by atoms with Crippen molar-refractivity contribution in [3.63, 3.8) is 0 Å². The third-order valence-electron chi connectivity index (χ3n) is 2.97. The lowest BCUT2D eigenvalue weighted by atomic mass is 10.2. The molecule has 0 unspecified atom stereocenters. The van der Waals surface area contributed by atoms with Gasteiger partial charge in [-0.15, -0.1) is 11.6 Å². The first-order valence-corrected chi connectivity index (χ1v) is 7.90. The van der Waals surface area contributed by atoms with Gasteiger partial charge < -0.3 is 0 Å². The zero-order chi connectivity index (χ0) is 14.3. The fraction of sp³-hybridized carbons (Fsp3) is 0.0714. The van der Waals surface area contributed by atoms with Crippen LogP contribution in [0.4, 0.5) is 4.39 Å². The molecule has 6 heteroatoms. The van der Waals surface area contributed by atoms with Gasteiger partial charge in [-0.25, -0.2) is 9.37 Å². The maximum absolute atomic E-state index is 13.8. The van der Waals surface area contributed by atoms with Crippen molar-refractivity contribution >= 4 is 54.5 Å². The summed E-state index contributed by atoms with van der Waals surface area (Å²) < 4.78 is 17.0. The molecule has 0 aliphatic carbocycles. The van der Waals surface area contributed by atoms with Gasteiger partial charge in [0, 0.05) is 16.2 Å². The minimum Gasteiger partial charge on any atom is -0.295 e. The van der Waals surface area contributed by atoms with Crippen LogP contribution < -0.4 is 0 Å². The van der Waals surface area contributed by atoms with Crippen LogP contribution in [-0.4, -0.2) is 9.55 Å². The lowest BCUT2D eigenvalue weighted by molar-refractivity contribution is 0.622. The summed E-state index contributed by atoms with van der Waals surface area (Å²) in [5.41, 5.74) is 2.30. The summed E-state index contributed by atoms with van der Waals surface area (Å²) in [6.07, 6.45) is 0. The van der Waals surface area contributed by atoms with Crippen LogP contribution in [0.15, 0.2) is 45.3 Å². The Kier molecular flexibility index (Phi) is 3.84. The molecule has 0 aliphatic heterocycles. The third kappa shape index (κ3) is 2.38. The van der Waals surface area contributed by atoms with Crippen molar-refractivity contribution in [2.24, 2.45) is 0 Å². The quantitative estimate of drug-likeness (QED) is 0.508. The number of nitrogens with zero attached hydrogens (tertiary/aromatic N) is 2. The molecule has 0 radical (unpaired) electrons. The van der Waals surface area contributed by atoms with Crippen LogP contribution in [0.5, 0.6) is 0 Å². The Labute approximate surface area is 136 Å². The monoisotopic (exact) mass is 416 g/mol. The van der Waals surface area contributed by atoms with E-state index in [1.54, 1.807) is 6.07 Å². The molecule has 20 heavy (non-hydrogen) atoms. The lowest BCUT2D eigenvalue weighted by Crippen LogP contribution is -1.99. The molecule has 0 fully saturated rings. The Hall–Kier alpha value is -0.910. The Morgan fingerprint density at radius 3 is 2.50 bits per heavy atom. The Morgan fingerprint density at radius 2 is 1.85 bits per heavy atom. The first kappa shape index (κ1) is 14.0. The smallest absolute Gasteiger partial charge is 0.139 e. The number of imidazole rings is 1. The topological polar surface area (TPSA) is 17.8 Å². The highest BCUT2D eigenvalue weighted by atomic mass is 79.9. The van der Waals surface area contributed by atoms with Gasteiger partial charge >= 0.3 is 0 Å². The first-order chi connectivity index (χ1) is 9.60. The molecule has 0 spiro atoms. The number of hydrogen-bond acceptors (Lipinski definition) is 1. The molecule has 2 aromatic carbocycles. The average Bonchev–Trinajstić information content (AvgIpc) is 2.78. The van der Waals surface area contributed by atoms with E-state index in [-0.39, 0.29) is 11.7 Å². The van der Waals surface area contributed by atoms with Gasteiger partial charge in [-0.05, 0) is 46.3 Å². The maximum Gasteiger partial charge on any atom is 0.139 e. The molecular weight excluding hydrogens is 410 g/mol. The van der Waals surface area contributed by atoms with Gasteiger partial charge in [0.1, 0.15) is 11.6 Å². The minimum atomic E-state index is -0.322. The highest BCUT2D eigenvalue weighted by molar-refractivity contribution is 9.10. The van der Waals surface area contributed by atoms with E-state index < -0.39 is 0 Å². The highest BCUT2D eigenvalue weighted by Gasteiger charge is 2.14. The van der Waals surface area contributed by atoms with Crippen LogP contribution in [0, 0.1) is 5.82 Å². The number of aromatic nitrogens is 2. The van der Waals surface area contributed by atoms with Crippen LogP contribution in [-0.2, 0) is 5.88 Å². The van der Waals surface area contributed by atoms with E-state index in [1.165, 1.54) is 6.07 Å².